The average Bonchev–Trinajstić information content (AvgIpc) is 2.51. The molecule has 4 nitrogen and oxygen atoms in total. The zero-order chi connectivity index (χ0) is 17.5. The molecule has 0 aromatic heterocycles. The minimum Gasteiger partial charge on any atom is -0.354 e. The Morgan fingerprint density at radius 1 is 1.00 bits per heavy atom. The maximum Gasteiger partial charge on any atom is 0.224 e. The van der Waals surface area contributed by atoms with Crippen molar-refractivity contribution in [2.45, 2.75) is 27.2 Å². The largest absolute Gasteiger partial charge is 0.354 e. The molecule has 24 heavy (non-hydrogen) atoms. The number of amides is 2. The normalized spacial score (nSPS) is 10.3. The Labute approximate surface area is 143 Å². The van der Waals surface area contributed by atoms with Gasteiger partial charge >= 0.3 is 0 Å². The highest BCUT2D eigenvalue weighted by atomic mass is 16.2. The average molecular weight is 324 g/mol. The summed E-state index contributed by atoms with van der Waals surface area (Å²) in [5, 5.41) is 2.89. The van der Waals surface area contributed by atoms with E-state index in [1.165, 1.54) is 6.92 Å². The number of nitrogens with zero attached hydrogens (tertiary/aromatic N) is 1. The van der Waals surface area contributed by atoms with E-state index in [0.717, 1.165) is 22.4 Å². The molecule has 0 fully saturated rings. The van der Waals surface area contributed by atoms with Gasteiger partial charge in [0, 0.05) is 25.7 Å². The monoisotopic (exact) mass is 324 g/mol. The zero-order valence-electron chi connectivity index (χ0n) is 14.5. The van der Waals surface area contributed by atoms with Gasteiger partial charge in [0.15, 0.2) is 0 Å². The van der Waals surface area contributed by atoms with Gasteiger partial charge in [-0.25, -0.2) is 0 Å². The molecule has 0 heterocycles. The molecular formula is C20H24N2O2. The highest BCUT2D eigenvalue weighted by Crippen LogP contribution is 2.15. The molecule has 2 rings (SSSR count). The Kier molecular flexibility index (Phi) is 6.13. The Morgan fingerprint density at radius 3 is 2.29 bits per heavy atom. The molecule has 0 saturated carbocycles. The Morgan fingerprint density at radius 2 is 1.67 bits per heavy atom. The maximum absolute atomic E-state index is 12.1. The Bertz CT molecular complexity index is 725. The predicted octanol–water partition coefficient (Wildman–Crippen LogP) is 3.02. The number of aryl methyl sites for hydroxylation is 2. The van der Waals surface area contributed by atoms with Gasteiger partial charge < -0.3 is 10.2 Å². The molecule has 0 radical (unpaired) electrons. The van der Waals surface area contributed by atoms with E-state index in [2.05, 4.69) is 5.32 Å². The lowest BCUT2D eigenvalue weighted by molar-refractivity contribution is -0.121. The summed E-state index contributed by atoms with van der Waals surface area (Å²) in [6.07, 6.45) is 0.353. The summed E-state index contributed by atoms with van der Waals surface area (Å²) < 4.78 is 0. The number of hydrogen-bond acceptors (Lipinski definition) is 2. The van der Waals surface area contributed by atoms with E-state index in [0.29, 0.717) is 19.5 Å². The predicted molar refractivity (Wildman–Crippen MR) is 97.1 cm³/mol. The summed E-state index contributed by atoms with van der Waals surface area (Å²) in [5.41, 5.74) is 4.09. The highest BCUT2D eigenvalue weighted by Gasteiger charge is 2.12. The van der Waals surface area contributed by atoms with Crippen LogP contribution >= 0.6 is 0 Å². The molecule has 0 aliphatic rings. The second kappa shape index (κ2) is 8.29. The van der Waals surface area contributed by atoms with Crippen LogP contribution in [0.2, 0.25) is 0 Å². The van der Waals surface area contributed by atoms with Crippen molar-refractivity contribution in [1.29, 1.82) is 0 Å². The molecule has 2 amide bonds. The van der Waals surface area contributed by atoms with Crippen molar-refractivity contribution in [2.75, 3.05) is 18.0 Å². The molecule has 0 atom stereocenters. The van der Waals surface area contributed by atoms with Gasteiger partial charge in [-0.3, -0.25) is 9.59 Å². The van der Waals surface area contributed by atoms with E-state index < -0.39 is 0 Å². The van der Waals surface area contributed by atoms with Crippen molar-refractivity contribution in [2.24, 2.45) is 0 Å². The first-order chi connectivity index (χ1) is 11.5. The van der Waals surface area contributed by atoms with Gasteiger partial charge in [-0.05, 0) is 37.1 Å². The molecule has 2 aromatic rings. The fraction of sp³-hybridized carbons (Fsp3) is 0.300. The summed E-state index contributed by atoms with van der Waals surface area (Å²) in [5.74, 6) is -0.0677. The number of anilines is 1. The fourth-order valence-corrected chi connectivity index (χ4v) is 2.64. The molecule has 0 aliphatic carbocycles. The number of hydrogen-bond donors (Lipinski definition) is 1. The SMILES string of the molecule is CC(=O)N(CCNC(=O)Cc1cccc(C)c1)c1cccc(C)c1. The van der Waals surface area contributed by atoms with Crippen LogP contribution in [-0.4, -0.2) is 24.9 Å². The van der Waals surface area contributed by atoms with Gasteiger partial charge in [0.25, 0.3) is 0 Å². The molecule has 4 heteroatoms. The van der Waals surface area contributed by atoms with E-state index in [1.54, 1.807) is 4.90 Å². The van der Waals surface area contributed by atoms with E-state index in [4.69, 9.17) is 0 Å². The molecular weight excluding hydrogens is 300 g/mol. The van der Waals surface area contributed by atoms with Crippen LogP contribution in [0.1, 0.15) is 23.6 Å². The number of carbonyl (C=O) groups excluding carboxylic acids is 2. The van der Waals surface area contributed by atoms with Gasteiger partial charge in [-0.1, -0.05) is 42.0 Å². The van der Waals surface area contributed by atoms with Crippen molar-refractivity contribution in [3.63, 3.8) is 0 Å². The number of nitrogens with one attached hydrogen (secondary N) is 1. The third-order valence-electron chi connectivity index (χ3n) is 3.80. The molecule has 0 spiro atoms. The van der Waals surface area contributed by atoms with Crippen LogP contribution in [0.25, 0.3) is 0 Å². The topological polar surface area (TPSA) is 49.4 Å². The second-order valence-corrected chi connectivity index (χ2v) is 6.03. The molecule has 126 valence electrons. The lowest BCUT2D eigenvalue weighted by Gasteiger charge is -2.21. The van der Waals surface area contributed by atoms with Crippen molar-refractivity contribution >= 4 is 17.5 Å². The summed E-state index contributed by atoms with van der Waals surface area (Å²) in [6.45, 7) is 6.42. The third kappa shape index (κ3) is 5.23. The summed E-state index contributed by atoms with van der Waals surface area (Å²) in [6, 6.07) is 15.7. The lowest BCUT2D eigenvalue weighted by Crippen LogP contribution is -2.38. The number of rotatable bonds is 6. The van der Waals surface area contributed by atoms with E-state index in [1.807, 2.05) is 62.4 Å². The minimum absolute atomic E-state index is 0.0338. The van der Waals surface area contributed by atoms with Crippen molar-refractivity contribution in [3.05, 3.63) is 65.2 Å². The van der Waals surface area contributed by atoms with Crippen LogP contribution in [0, 0.1) is 13.8 Å². The van der Waals surface area contributed by atoms with Crippen LogP contribution in [0.5, 0.6) is 0 Å². The van der Waals surface area contributed by atoms with Crippen LogP contribution in [0.4, 0.5) is 5.69 Å². The molecule has 1 N–H and O–H groups in total. The van der Waals surface area contributed by atoms with Crippen LogP contribution in [0.15, 0.2) is 48.5 Å². The van der Waals surface area contributed by atoms with Gasteiger partial charge in [0.05, 0.1) is 6.42 Å². The lowest BCUT2D eigenvalue weighted by atomic mass is 10.1. The smallest absolute Gasteiger partial charge is 0.224 e. The summed E-state index contributed by atoms with van der Waals surface area (Å²) in [7, 11) is 0. The van der Waals surface area contributed by atoms with E-state index in [9.17, 15) is 9.59 Å². The molecule has 0 aliphatic heterocycles. The number of benzene rings is 2. The molecule has 0 bridgehead atoms. The van der Waals surface area contributed by atoms with Crippen LogP contribution in [0.3, 0.4) is 0 Å². The van der Waals surface area contributed by atoms with Crippen LogP contribution < -0.4 is 10.2 Å². The maximum atomic E-state index is 12.1. The highest BCUT2D eigenvalue weighted by molar-refractivity contribution is 5.91. The third-order valence-corrected chi connectivity index (χ3v) is 3.80. The first kappa shape index (κ1) is 17.7. The van der Waals surface area contributed by atoms with Gasteiger partial charge in [-0.15, -0.1) is 0 Å². The van der Waals surface area contributed by atoms with Gasteiger partial charge in [0.2, 0.25) is 11.8 Å². The van der Waals surface area contributed by atoms with Crippen LogP contribution in [-0.2, 0) is 16.0 Å². The quantitative estimate of drug-likeness (QED) is 0.888. The first-order valence-corrected chi connectivity index (χ1v) is 8.13. The second-order valence-electron chi connectivity index (χ2n) is 6.03. The zero-order valence-corrected chi connectivity index (χ0v) is 14.5. The van der Waals surface area contributed by atoms with Gasteiger partial charge in [-0.2, -0.15) is 0 Å². The standard InChI is InChI=1S/C20H24N2O2/c1-15-6-4-8-18(12-15)14-20(24)21-10-11-22(17(3)23)19-9-5-7-16(2)13-19/h4-9,12-13H,10-11,14H2,1-3H3,(H,21,24). The first-order valence-electron chi connectivity index (χ1n) is 8.13. The fourth-order valence-electron chi connectivity index (χ4n) is 2.64. The summed E-state index contributed by atoms with van der Waals surface area (Å²) in [4.78, 5) is 25.6. The van der Waals surface area contributed by atoms with E-state index >= 15 is 0 Å². The Balaban J connectivity index is 1.89. The molecule has 0 saturated heterocycles. The van der Waals surface area contributed by atoms with Crippen molar-refractivity contribution in [1.82, 2.24) is 5.32 Å². The minimum atomic E-state index is -0.0339. The van der Waals surface area contributed by atoms with E-state index in [-0.39, 0.29) is 11.8 Å². The summed E-state index contributed by atoms with van der Waals surface area (Å²) >= 11 is 0. The number of carbonyl (C=O) groups is 2. The Hall–Kier alpha value is -2.62. The van der Waals surface area contributed by atoms with Crippen molar-refractivity contribution in [3.8, 4) is 0 Å². The molecule has 0 unspecified atom stereocenters. The van der Waals surface area contributed by atoms with Crippen molar-refractivity contribution < 1.29 is 9.59 Å². The molecule has 2 aromatic carbocycles. The van der Waals surface area contributed by atoms with Gasteiger partial charge in [0.1, 0.15) is 0 Å².